The van der Waals surface area contributed by atoms with E-state index >= 15 is 0 Å². The van der Waals surface area contributed by atoms with Crippen LogP contribution in [0.1, 0.15) is 12.8 Å². The summed E-state index contributed by atoms with van der Waals surface area (Å²) in [4.78, 5) is 12.1. The number of ether oxygens (including phenoxy) is 1. The van der Waals surface area contributed by atoms with Gasteiger partial charge >= 0.3 is 5.97 Å². The highest BCUT2D eigenvalue weighted by atomic mass is 32.2. The summed E-state index contributed by atoms with van der Waals surface area (Å²) in [6.07, 6.45) is 1.79. The average molecular weight is 256 g/mol. The molecule has 1 aliphatic carbocycles. The van der Waals surface area contributed by atoms with Crippen LogP contribution in [0.3, 0.4) is 0 Å². The lowest BCUT2D eigenvalue weighted by molar-refractivity contribution is -0.140. The van der Waals surface area contributed by atoms with E-state index < -0.39 is 22.0 Å². The molecule has 5 heteroatoms. The number of hydrogen-bond acceptors (Lipinski definition) is 3. The maximum Gasteiger partial charge on any atom is 0.322 e. The molecule has 2 rings (SSSR count). The van der Waals surface area contributed by atoms with Crippen molar-refractivity contribution in [3.8, 4) is 0 Å². The molecule has 1 fully saturated rings. The van der Waals surface area contributed by atoms with Crippen molar-refractivity contribution in [1.29, 1.82) is 0 Å². The van der Waals surface area contributed by atoms with Gasteiger partial charge in [0.05, 0.1) is 17.9 Å². The molecule has 17 heavy (non-hydrogen) atoms. The number of halogens is 1. The van der Waals surface area contributed by atoms with Gasteiger partial charge in [-0.15, -0.1) is 0 Å². The van der Waals surface area contributed by atoms with E-state index in [1.165, 1.54) is 31.4 Å². The van der Waals surface area contributed by atoms with Crippen molar-refractivity contribution in [3.63, 3.8) is 0 Å². The first-order valence-corrected chi connectivity index (χ1v) is 6.58. The molecule has 0 amide bonds. The average Bonchev–Trinajstić information content (AvgIpc) is 3.14. The topological polar surface area (TPSA) is 43.4 Å². The predicted molar refractivity (Wildman–Crippen MR) is 61.3 cm³/mol. The third-order valence-corrected chi connectivity index (χ3v) is 4.54. The van der Waals surface area contributed by atoms with Gasteiger partial charge in [0.2, 0.25) is 0 Å². The second-order valence-electron chi connectivity index (χ2n) is 4.03. The first-order chi connectivity index (χ1) is 8.13. The Kier molecular flexibility index (Phi) is 3.57. The van der Waals surface area contributed by atoms with E-state index in [4.69, 9.17) is 0 Å². The summed E-state index contributed by atoms with van der Waals surface area (Å²) in [7, 11) is -0.177. The summed E-state index contributed by atoms with van der Waals surface area (Å²) >= 11 is 0. The normalized spacial score (nSPS) is 18.5. The Morgan fingerprint density at radius 1 is 1.41 bits per heavy atom. The number of carbonyl (C=O) groups excluding carboxylic acids is 1. The lowest BCUT2D eigenvalue weighted by Gasteiger charge is -2.13. The smallest absolute Gasteiger partial charge is 0.322 e. The molecule has 0 N–H and O–H groups in total. The molecule has 3 nitrogen and oxygen atoms in total. The Balaban J connectivity index is 2.21. The Morgan fingerprint density at radius 2 is 2.00 bits per heavy atom. The SMILES string of the molecule is COC(=O)C(C1CC1)S(=O)c1ccc(F)cc1. The monoisotopic (exact) mass is 256 g/mol. The van der Waals surface area contributed by atoms with E-state index in [1.54, 1.807) is 0 Å². The second-order valence-corrected chi connectivity index (χ2v) is 5.61. The molecule has 1 saturated carbocycles. The minimum Gasteiger partial charge on any atom is -0.468 e. The summed E-state index contributed by atoms with van der Waals surface area (Å²) in [5.74, 6) is -0.699. The molecule has 0 saturated heterocycles. The molecule has 0 heterocycles. The highest BCUT2D eigenvalue weighted by Gasteiger charge is 2.41. The van der Waals surface area contributed by atoms with E-state index in [1.807, 2.05) is 0 Å². The van der Waals surface area contributed by atoms with E-state index in [0.29, 0.717) is 4.90 Å². The molecule has 0 radical (unpaired) electrons. The molecular weight excluding hydrogens is 243 g/mol. The third kappa shape index (κ3) is 2.72. The van der Waals surface area contributed by atoms with Crippen LogP contribution >= 0.6 is 0 Å². The summed E-state index contributed by atoms with van der Waals surface area (Å²) in [6, 6.07) is 5.39. The van der Waals surface area contributed by atoms with Crippen LogP contribution in [0.4, 0.5) is 4.39 Å². The standard InChI is InChI=1S/C12H13FO3S/c1-16-12(14)11(8-2-3-8)17(15)10-6-4-9(13)5-7-10/h4-8,11H,2-3H2,1H3. The van der Waals surface area contributed by atoms with Gasteiger partial charge in [-0.25, -0.2) is 4.39 Å². The predicted octanol–water partition coefficient (Wildman–Crippen LogP) is 1.88. The number of rotatable bonds is 4. The van der Waals surface area contributed by atoms with E-state index in [9.17, 15) is 13.4 Å². The molecule has 1 aromatic rings. The molecule has 2 unspecified atom stereocenters. The van der Waals surface area contributed by atoms with E-state index in [-0.39, 0.29) is 11.7 Å². The zero-order valence-corrected chi connectivity index (χ0v) is 10.2. The Bertz CT molecular complexity index is 440. The number of esters is 1. The van der Waals surface area contributed by atoms with Gasteiger partial charge in [-0.05, 0) is 43.0 Å². The quantitative estimate of drug-likeness (QED) is 0.773. The first kappa shape index (κ1) is 12.2. The van der Waals surface area contributed by atoms with E-state index in [0.717, 1.165) is 12.8 Å². The van der Waals surface area contributed by atoms with Crippen LogP contribution in [0.2, 0.25) is 0 Å². The molecular formula is C12H13FO3S. The van der Waals surface area contributed by atoms with Crippen molar-refractivity contribution in [3.05, 3.63) is 30.1 Å². The number of hydrogen-bond donors (Lipinski definition) is 0. The van der Waals surface area contributed by atoms with Crippen LogP contribution in [0.5, 0.6) is 0 Å². The van der Waals surface area contributed by atoms with Crippen LogP contribution < -0.4 is 0 Å². The number of carbonyl (C=O) groups is 1. The van der Waals surface area contributed by atoms with E-state index in [2.05, 4.69) is 4.74 Å². The molecule has 0 bridgehead atoms. The molecule has 92 valence electrons. The Labute approximate surface area is 101 Å². The van der Waals surface area contributed by atoms with Gasteiger partial charge in [-0.3, -0.25) is 9.00 Å². The lowest BCUT2D eigenvalue weighted by Crippen LogP contribution is -2.29. The van der Waals surface area contributed by atoms with Crippen LogP contribution in [0.25, 0.3) is 0 Å². The third-order valence-electron chi connectivity index (χ3n) is 2.76. The Hall–Kier alpha value is -1.23. The summed E-state index contributed by atoms with van der Waals surface area (Å²) < 4.78 is 29.7. The van der Waals surface area contributed by atoms with Crippen molar-refractivity contribution in [1.82, 2.24) is 0 Å². The van der Waals surface area contributed by atoms with Crippen molar-refractivity contribution >= 4 is 16.8 Å². The van der Waals surface area contributed by atoms with Gasteiger partial charge in [0, 0.05) is 4.90 Å². The fourth-order valence-corrected chi connectivity index (χ4v) is 3.28. The Morgan fingerprint density at radius 3 is 2.47 bits per heavy atom. The fourth-order valence-electron chi connectivity index (χ4n) is 1.69. The molecule has 0 spiro atoms. The molecule has 1 aliphatic rings. The van der Waals surface area contributed by atoms with Crippen molar-refractivity contribution in [2.75, 3.05) is 7.11 Å². The number of benzene rings is 1. The van der Waals surface area contributed by atoms with Gasteiger partial charge in [0.25, 0.3) is 0 Å². The van der Waals surface area contributed by atoms with Crippen LogP contribution in [0, 0.1) is 11.7 Å². The van der Waals surface area contributed by atoms with Crippen LogP contribution in [-0.4, -0.2) is 22.5 Å². The van der Waals surface area contributed by atoms with Gasteiger partial charge < -0.3 is 4.74 Å². The van der Waals surface area contributed by atoms with Gasteiger partial charge in [-0.1, -0.05) is 0 Å². The number of methoxy groups -OCH3 is 1. The van der Waals surface area contributed by atoms with Crippen LogP contribution in [-0.2, 0) is 20.3 Å². The zero-order valence-electron chi connectivity index (χ0n) is 9.39. The maximum absolute atomic E-state index is 12.8. The van der Waals surface area contributed by atoms with Crippen LogP contribution in [0.15, 0.2) is 29.2 Å². The van der Waals surface area contributed by atoms with Gasteiger partial charge in [0.15, 0.2) is 0 Å². The molecule has 0 aromatic heterocycles. The first-order valence-electron chi connectivity index (χ1n) is 5.37. The molecule has 1 aromatic carbocycles. The fraction of sp³-hybridized carbons (Fsp3) is 0.417. The van der Waals surface area contributed by atoms with Crippen molar-refractivity contribution in [2.45, 2.75) is 23.0 Å². The summed E-state index contributed by atoms with van der Waals surface area (Å²) in [5, 5.41) is -0.620. The van der Waals surface area contributed by atoms with Gasteiger partial charge in [0.1, 0.15) is 11.1 Å². The minimum atomic E-state index is -1.47. The highest BCUT2D eigenvalue weighted by molar-refractivity contribution is 7.86. The maximum atomic E-state index is 12.8. The zero-order chi connectivity index (χ0) is 12.4. The second kappa shape index (κ2) is 4.96. The highest BCUT2D eigenvalue weighted by Crippen LogP contribution is 2.37. The van der Waals surface area contributed by atoms with Crippen molar-refractivity contribution in [2.24, 2.45) is 5.92 Å². The summed E-state index contributed by atoms with van der Waals surface area (Å²) in [6.45, 7) is 0. The largest absolute Gasteiger partial charge is 0.468 e. The summed E-state index contributed by atoms with van der Waals surface area (Å²) in [5.41, 5.74) is 0. The lowest BCUT2D eigenvalue weighted by atomic mass is 10.3. The minimum absolute atomic E-state index is 0.133. The molecule has 0 aliphatic heterocycles. The van der Waals surface area contributed by atoms with Crippen molar-refractivity contribution < 1.29 is 18.1 Å². The van der Waals surface area contributed by atoms with Gasteiger partial charge in [-0.2, -0.15) is 0 Å². The molecule has 2 atom stereocenters.